The molecular formula is C19H36O6. The number of carbonyl (C=O) groups is 1. The van der Waals surface area contributed by atoms with Crippen LogP contribution in [-0.2, 0) is 28.5 Å². The first-order valence-electron chi connectivity index (χ1n) is 8.97. The van der Waals surface area contributed by atoms with Crippen LogP contribution in [0.1, 0.15) is 41.5 Å². The zero-order valence-corrected chi connectivity index (χ0v) is 16.7. The lowest BCUT2D eigenvalue weighted by molar-refractivity contribution is -0.141. The second-order valence-electron chi connectivity index (χ2n) is 6.82. The molecule has 0 rings (SSSR count). The molecule has 0 spiro atoms. The predicted molar refractivity (Wildman–Crippen MR) is 97.7 cm³/mol. The molecule has 0 aliphatic rings. The standard InChI is InChI=1S/C19H36O6/c1-14(2)10-23-17(6)12-25-18(7)13-24-16(5)11-21-8-9-22-19(20)15(3)4/h14,16-18H,3,8-13H2,1-2,4-7H3. The molecule has 148 valence electrons. The van der Waals surface area contributed by atoms with Crippen molar-refractivity contribution in [1.82, 2.24) is 0 Å². The Balaban J connectivity index is 3.62. The van der Waals surface area contributed by atoms with E-state index in [1.54, 1.807) is 6.92 Å². The second-order valence-corrected chi connectivity index (χ2v) is 6.82. The Morgan fingerprint density at radius 2 is 1.28 bits per heavy atom. The Bertz CT molecular complexity index is 369. The highest BCUT2D eigenvalue weighted by molar-refractivity contribution is 5.86. The Labute approximate surface area is 152 Å². The summed E-state index contributed by atoms with van der Waals surface area (Å²) in [5, 5.41) is 0. The van der Waals surface area contributed by atoms with Crippen LogP contribution in [0.3, 0.4) is 0 Å². The van der Waals surface area contributed by atoms with Gasteiger partial charge in [-0.2, -0.15) is 0 Å². The SMILES string of the molecule is C=C(C)C(=O)OCCOCC(C)OCC(C)OCC(C)OCC(C)C. The highest BCUT2D eigenvalue weighted by Crippen LogP contribution is 2.02. The van der Waals surface area contributed by atoms with E-state index in [2.05, 4.69) is 20.4 Å². The molecule has 25 heavy (non-hydrogen) atoms. The highest BCUT2D eigenvalue weighted by Gasteiger charge is 2.10. The average molecular weight is 360 g/mol. The molecule has 0 N–H and O–H groups in total. The number of hydrogen-bond acceptors (Lipinski definition) is 6. The summed E-state index contributed by atoms with van der Waals surface area (Å²) >= 11 is 0. The molecule has 0 aromatic rings. The van der Waals surface area contributed by atoms with Crippen LogP contribution in [0.25, 0.3) is 0 Å². The maximum atomic E-state index is 11.2. The number of esters is 1. The molecule has 0 aliphatic carbocycles. The molecule has 0 amide bonds. The third kappa shape index (κ3) is 15.1. The second kappa shape index (κ2) is 14.2. The molecule has 3 unspecified atom stereocenters. The van der Waals surface area contributed by atoms with Crippen LogP contribution in [0.15, 0.2) is 12.2 Å². The summed E-state index contributed by atoms with van der Waals surface area (Å²) in [7, 11) is 0. The predicted octanol–water partition coefficient (Wildman–Crippen LogP) is 2.99. The summed E-state index contributed by atoms with van der Waals surface area (Å²) in [6.45, 7) is 18.1. The van der Waals surface area contributed by atoms with E-state index in [9.17, 15) is 4.79 Å². The van der Waals surface area contributed by atoms with Crippen LogP contribution in [0.5, 0.6) is 0 Å². The normalized spacial score (nSPS) is 15.0. The van der Waals surface area contributed by atoms with Crippen molar-refractivity contribution in [3.05, 3.63) is 12.2 Å². The van der Waals surface area contributed by atoms with Gasteiger partial charge in [0.2, 0.25) is 0 Å². The van der Waals surface area contributed by atoms with Gasteiger partial charge in [-0.3, -0.25) is 0 Å². The van der Waals surface area contributed by atoms with Gasteiger partial charge in [0.1, 0.15) is 6.61 Å². The molecule has 3 atom stereocenters. The fourth-order valence-corrected chi connectivity index (χ4v) is 1.67. The van der Waals surface area contributed by atoms with Gasteiger partial charge >= 0.3 is 5.97 Å². The fourth-order valence-electron chi connectivity index (χ4n) is 1.67. The van der Waals surface area contributed by atoms with Crippen molar-refractivity contribution in [3.63, 3.8) is 0 Å². The van der Waals surface area contributed by atoms with Gasteiger partial charge in [0.15, 0.2) is 0 Å². The molecule has 0 bridgehead atoms. The lowest BCUT2D eigenvalue weighted by Gasteiger charge is -2.20. The van der Waals surface area contributed by atoms with E-state index in [1.165, 1.54) is 0 Å². The molecular weight excluding hydrogens is 324 g/mol. The van der Waals surface area contributed by atoms with Crippen LogP contribution >= 0.6 is 0 Å². The first-order chi connectivity index (χ1) is 11.7. The molecule has 0 aromatic heterocycles. The summed E-state index contributed by atoms with van der Waals surface area (Å²) < 4.78 is 27.4. The maximum Gasteiger partial charge on any atom is 0.333 e. The Kier molecular flexibility index (Phi) is 13.7. The fraction of sp³-hybridized carbons (Fsp3) is 0.842. The first kappa shape index (κ1) is 24.1. The molecule has 0 saturated heterocycles. The van der Waals surface area contributed by atoms with Crippen LogP contribution < -0.4 is 0 Å². The van der Waals surface area contributed by atoms with E-state index >= 15 is 0 Å². The van der Waals surface area contributed by atoms with Gasteiger partial charge in [-0.05, 0) is 33.6 Å². The van der Waals surface area contributed by atoms with Crippen molar-refractivity contribution >= 4 is 5.97 Å². The van der Waals surface area contributed by atoms with E-state index in [-0.39, 0.29) is 24.9 Å². The van der Waals surface area contributed by atoms with E-state index in [1.807, 2.05) is 20.8 Å². The van der Waals surface area contributed by atoms with Crippen molar-refractivity contribution < 1.29 is 28.5 Å². The van der Waals surface area contributed by atoms with Gasteiger partial charge in [-0.15, -0.1) is 0 Å². The van der Waals surface area contributed by atoms with E-state index < -0.39 is 5.97 Å². The zero-order valence-electron chi connectivity index (χ0n) is 16.7. The summed E-state index contributed by atoms with van der Waals surface area (Å²) in [6.07, 6.45) is 0.00842. The van der Waals surface area contributed by atoms with Crippen molar-refractivity contribution in [2.45, 2.75) is 59.9 Å². The lowest BCUT2D eigenvalue weighted by Crippen LogP contribution is -2.27. The number of hydrogen-bond donors (Lipinski definition) is 0. The van der Waals surface area contributed by atoms with Crippen molar-refractivity contribution in [3.8, 4) is 0 Å². The van der Waals surface area contributed by atoms with Crippen LogP contribution in [0.4, 0.5) is 0 Å². The topological polar surface area (TPSA) is 63.2 Å². The van der Waals surface area contributed by atoms with Gasteiger partial charge in [0, 0.05) is 12.2 Å². The molecule has 0 aliphatic heterocycles. The Morgan fingerprint density at radius 3 is 1.76 bits per heavy atom. The zero-order chi connectivity index (χ0) is 19.2. The minimum atomic E-state index is -0.398. The molecule has 6 heteroatoms. The van der Waals surface area contributed by atoms with Gasteiger partial charge in [0.05, 0.1) is 44.7 Å². The minimum Gasteiger partial charge on any atom is -0.460 e. The maximum absolute atomic E-state index is 11.2. The van der Waals surface area contributed by atoms with Gasteiger partial charge in [-0.25, -0.2) is 4.79 Å². The van der Waals surface area contributed by atoms with Crippen LogP contribution in [0, 0.1) is 5.92 Å². The van der Waals surface area contributed by atoms with Gasteiger partial charge < -0.3 is 23.7 Å². The monoisotopic (exact) mass is 360 g/mol. The van der Waals surface area contributed by atoms with Gasteiger partial charge in [0.25, 0.3) is 0 Å². The minimum absolute atomic E-state index is 0.0101. The van der Waals surface area contributed by atoms with Crippen LogP contribution in [0.2, 0.25) is 0 Å². The average Bonchev–Trinajstić information content (AvgIpc) is 2.55. The molecule has 0 heterocycles. The molecule has 0 fully saturated rings. The Hall–Kier alpha value is -0.950. The van der Waals surface area contributed by atoms with Crippen molar-refractivity contribution in [2.75, 3.05) is 39.6 Å². The van der Waals surface area contributed by atoms with E-state index in [0.29, 0.717) is 37.9 Å². The Morgan fingerprint density at radius 1 is 0.800 bits per heavy atom. The van der Waals surface area contributed by atoms with Crippen molar-refractivity contribution in [2.24, 2.45) is 5.92 Å². The van der Waals surface area contributed by atoms with E-state index in [4.69, 9.17) is 23.7 Å². The quantitative estimate of drug-likeness (QED) is 0.254. The number of rotatable bonds is 15. The van der Waals surface area contributed by atoms with E-state index in [0.717, 1.165) is 6.61 Å². The third-order valence-corrected chi connectivity index (χ3v) is 3.11. The molecule has 0 radical (unpaired) electrons. The molecule has 0 aromatic carbocycles. The number of carbonyl (C=O) groups excluding carboxylic acids is 1. The largest absolute Gasteiger partial charge is 0.460 e. The third-order valence-electron chi connectivity index (χ3n) is 3.11. The smallest absolute Gasteiger partial charge is 0.333 e. The first-order valence-corrected chi connectivity index (χ1v) is 8.97. The lowest BCUT2D eigenvalue weighted by atomic mass is 10.2. The number of ether oxygens (including phenoxy) is 5. The highest BCUT2D eigenvalue weighted by atomic mass is 16.6. The summed E-state index contributed by atoms with van der Waals surface area (Å²) in [5.41, 5.74) is 0.384. The summed E-state index contributed by atoms with van der Waals surface area (Å²) in [4.78, 5) is 11.2. The van der Waals surface area contributed by atoms with Crippen molar-refractivity contribution in [1.29, 1.82) is 0 Å². The van der Waals surface area contributed by atoms with Crippen LogP contribution in [-0.4, -0.2) is 63.9 Å². The van der Waals surface area contributed by atoms with Gasteiger partial charge in [-0.1, -0.05) is 20.4 Å². The molecule has 0 saturated carbocycles. The summed E-state index contributed by atoms with van der Waals surface area (Å²) in [6, 6.07) is 0. The molecule has 6 nitrogen and oxygen atoms in total. The summed E-state index contributed by atoms with van der Waals surface area (Å²) in [5.74, 6) is 0.124.